The Hall–Kier alpha value is -3.81. The molecule has 2 atom stereocenters. The van der Waals surface area contributed by atoms with Crippen LogP contribution < -0.4 is 20.1 Å². The van der Waals surface area contributed by atoms with Crippen LogP contribution in [0, 0.1) is 0 Å². The fraction of sp³-hybridized carbons (Fsp3) is 0.370. The molecule has 2 N–H and O–H groups in total. The van der Waals surface area contributed by atoms with Crippen LogP contribution in [-0.2, 0) is 22.6 Å². The summed E-state index contributed by atoms with van der Waals surface area (Å²) in [5.74, 6) is 1.48. The highest BCUT2D eigenvalue weighted by Crippen LogP contribution is 2.36. The van der Waals surface area contributed by atoms with Gasteiger partial charge in [-0.25, -0.2) is 4.98 Å². The van der Waals surface area contributed by atoms with Gasteiger partial charge in [-0.3, -0.25) is 9.59 Å². The summed E-state index contributed by atoms with van der Waals surface area (Å²) in [5, 5.41) is 6.39. The Morgan fingerprint density at radius 2 is 2.03 bits per heavy atom. The number of hydrogen-bond acceptors (Lipinski definition) is 5. The average Bonchev–Trinajstić information content (AvgIpc) is 3.63. The van der Waals surface area contributed by atoms with Crippen molar-refractivity contribution in [1.82, 2.24) is 20.2 Å². The number of rotatable bonds is 10. The highest BCUT2D eigenvalue weighted by Gasteiger charge is 2.38. The van der Waals surface area contributed by atoms with E-state index >= 15 is 0 Å². The molecule has 1 fully saturated rings. The number of amides is 2. The van der Waals surface area contributed by atoms with Gasteiger partial charge in [-0.05, 0) is 48.9 Å². The molecule has 5 rings (SSSR count). The van der Waals surface area contributed by atoms with Gasteiger partial charge in [0.2, 0.25) is 18.6 Å². The first-order valence-electron chi connectivity index (χ1n) is 12.1. The van der Waals surface area contributed by atoms with E-state index in [4.69, 9.17) is 9.47 Å². The maximum absolute atomic E-state index is 13.1. The Balaban J connectivity index is 1.24. The van der Waals surface area contributed by atoms with Crippen molar-refractivity contribution in [3.05, 3.63) is 78.4 Å². The van der Waals surface area contributed by atoms with Crippen molar-refractivity contribution in [1.29, 1.82) is 0 Å². The maximum Gasteiger partial charge on any atom is 0.231 e. The predicted molar refractivity (Wildman–Crippen MR) is 130 cm³/mol. The van der Waals surface area contributed by atoms with Gasteiger partial charge in [0.25, 0.3) is 0 Å². The monoisotopic (exact) mass is 474 g/mol. The fourth-order valence-electron chi connectivity index (χ4n) is 4.95. The summed E-state index contributed by atoms with van der Waals surface area (Å²) in [4.78, 5) is 29.4. The number of nitrogens with one attached hydrogen (secondary N) is 2. The van der Waals surface area contributed by atoms with Gasteiger partial charge in [-0.2, -0.15) is 0 Å². The molecule has 2 aromatic carbocycles. The number of aromatic nitrogens is 2. The summed E-state index contributed by atoms with van der Waals surface area (Å²) < 4.78 is 12.9. The van der Waals surface area contributed by atoms with Crippen molar-refractivity contribution in [2.45, 2.75) is 56.7 Å². The second-order valence-electron chi connectivity index (χ2n) is 9.31. The largest absolute Gasteiger partial charge is 0.454 e. The van der Waals surface area contributed by atoms with E-state index in [1.165, 1.54) is 0 Å². The number of aryl methyl sites for hydroxylation is 1. The van der Waals surface area contributed by atoms with Crippen molar-refractivity contribution in [3.8, 4) is 11.5 Å². The van der Waals surface area contributed by atoms with E-state index in [1.807, 2.05) is 59.3 Å². The minimum atomic E-state index is -0.443. The van der Waals surface area contributed by atoms with Crippen molar-refractivity contribution in [3.63, 3.8) is 0 Å². The fourth-order valence-corrected chi connectivity index (χ4v) is 4.95. The van der Waals surface area contributed by atoms with Gasteiger partial charge in [0.15, 0.2) is 11.5 Å². The first-order chi connectivity index (χ1) is 17.1. The first-order valence-corrected chi connectivity index (χ1v) is 12.1. The van der Waals surface area contributed by atoms with Crippen LogP contribution >= 0.6 is 0 Å². The van der Waals surface area contributed by atoms with E-state index in [2.05, 4.69) is 15.6 Å². The number of nitrogens with zero attached hydrogens (tertiary/aromatic N) is 2. The zero-order chi connectivity index (χ0) is 24.1. The number of hydrogen-bond donors (Lipinski definition) is 2. The van der Waals surface area contributed by atoms with Gasteiger partial charge in [0, 0.05) is 37.3 Å². The molecule has 0 spiro atoms. The molecule has 1 saturated heterocycles. The molecule has 0 radical (unpaired) electrons. The zero-order valence-electron chi connectivity index (χ0n) is 19.6. The minimum absolute atomic E-state index is 0.0179. The van der Waals surface area contributed by atoms with Crippen molar-refractivity contribution >= 4 is 11.8 Å². The van der Waals surface area contributed by atoms with E-state index in [1.54, 1.807) is 12.5 Å². The van der Waals surface area contributed by atoms with Crippen LogP contribution in [0.2, 0.25) is 0 Å². The average molecular weight is 475 g/mol. The quantitative estimate of drug-likeness (QED) is 0.469. The van der Waals surface area contributed by atoms with Gasteiger partial charge in [-0.1, -0.05) is 36.4 Å². The Kier molecular flexibility index (Phi) is 6.70. The third kappa shape index (κ3) is 5.65. The van der Waals surface area contributed by atoms with Gasteiger partial charge in [0.05, 0.1) is 12.4 Å². The number of carbonyl (C=O) groups is 2. The Bertz CT molecular complexity index is 1170. The number of carbonyl (C=O) groups excluding carboxylic acids is 2. The minimum Gasteiger partial charge on any atom is -0.454 e. The lowest BCUT2D eigenvalue weighted by atomic mass is 9.84. The second kappa shape index (κ2) is 10.2. The van der Waals surface area contributed by atoms with Crippen molar-refractivity contribution in [2.75, 3.05) is 6.79 Å². The standard InChI is InChI=1S/C27H30N4O4/c32-25(29-22(21-4-2-1-3-5-21)10-14-31-15-13-28-18-31)8-11-27(12-9-26(33)30-27)17-20-6-7-23-24(16-20)35-19-34-23/h1-7,13,15-16,18,22H,8-12,14,17,19H2,(H,29,32)(H,30,33)/t22-,27-/m0/s1. The molecule has 0 bridgehead atoms. The topological polar surface area (TPSA) is 94.5 Å². The summed E-state index contributed by atoms with van der Waals surface area (Å²) in [6, 6.07) is 15.8. The smallest absolute Gasteiger partial charge is 0.231 e. The molecule has 8 nitrogen and oxygen atoms in total. The zero-order valence-corrected chi connectivity index (χ0v) is 19.6. The summed E-state index contributed by atoms with van der Waals surface area (Å²) >= 11 is 0. The van der Waals surface area contributed by atoms with E-state index in [9.17, 15) is 9.59 Å². The number of imidazole rings is 1. The van der Waals surface area contributed by atoms with E-state index in [0.717, 1.165) is 35.6 Å². The van der Waals surface area contributed by atoms with E-state index < -0.39 is 5.54 Å². The lowest BCUT2D eigenvalue weighted by Crippen LogP contribution is -2.44. The highest BCUT2D eigenvalue weighted by molar-refractivity contribution is 5.80. The second-order valence-corrected chi connectivity index (χ2v) is 9.31. The van der Waals surface area contributed by atoms with Crippen LogP contribution in [0.1, 0.15) is 49.3 Å². The predicted octanol–water partition coefficient (Wildman–Crippen LogP) is 3.53. The molecule has 8 heteroatoms. The van der Waals surface area contributed by atoms with Crippen LogP contribution in [0.15, 0.2) is 67.3 Å². The molecule has 3 aromatic rings. The van der Waals surface area contributed by atoms with Crippen molar-refractivity contribution in [2.24, 2.45) is 0 Å². The van der Waals surface area contributed by atoms with Crippen LogP contribution in [0.5, 0.6) is 11.5 Å². The summed E-state index contributed by atoms with van der Waals surface area (Å²) in [6.07, 6.45) is 8.95. The van der Waals surface area contributed by atoms with E-state index in [0.29, 0.717) is 32.1 Å². The SMILES string of the molecule is O=C(CC[C@@]1(Cc2ccc3c(c2)OCO3)CCC(=O)N1)N[C@@H](CCn1ccnc1)c1ccccc1. The number of benzene rings is 2. The lowest BCUT2D eigenvalue weighted by Gasteiger charge is -2.30. The molecule has 182 valence electrons. The van der Waals surface area contributed by atoms with Gasteiger partial charge in [0.1, 0.15) is 0 Å². The first kappa shape index (κ1) is 23.0. The molecular weight excluding hydrogens is 444 g/mol. The Morgan fingerprint density at radius 3 is 2.80 bits per heavy atom. The highest BCUT2D eigenvalue weighted by atomic mass is 16.7. The number of ether oxygens (including phenoxy) is 2. The molecule has 0 aliphatic carbocycles. The van der Waals surface area contributed by atoms with Gasteiger partial charge < -0.3 is 24.7 Å². The molecule has 3 heterocycles. The molecule has 2 amide bonds. The van der Waals surface area contributed by atoms with E-state index in [-0.39, 0.29) is 24.6 Å². The maximum atomic E-state index is 13.1. The lowest BCUT2D eigenvalue weighted by molar-refractivity contribution is -0.123. The molecule has 2 aliphatic rings. The molecule has 2 aliphatic heterocycles. The summed E-state index contributed by atoms with van der Waals surface area (Å²) in [7, 11) is 0. The summed E-state index contributed by atoms with van der Waals surface area (Å²) in [5.41, 5.74) is 1.69. The molecule has 0 saturated carbocycles. The molecular formula is C27H30N4O4. The van der Waals surface area contributed by atoms with Crippen molar-refractivity contribution < 1.29 is 19.1 Å². The summed E-state index contributed by atoms with van der Waals surface area (Å²) in [6.45, 7) is 0.980. The van der Waals surface area contributed by atoms with Crippen LogP contribution in [0.3, 0.4) is 0 Å². The van der Waals surface area contributed by atoms with Crippen LogP contribution in [0.4, 0.5) is 0 Å². The third-order valence-electron chi connectivity index (χ3n) is 6.82. The molecule has 35 heavy (non-hydrogen) atoms. The van der Waals surface area contributed by atoms with Gasteiger partial charge in [-0.15, -0.1) is 0 Å². The van der Waals surface area contributed by atoms with Crippen LogP contribution in [0.25, 0.3) is 0 Å². The molecule has 0 unspecified atom stereocenters. The Labute approximate surface area is 204 Å². The van der Waals surface area contributed by atoms with Gasteiger partial charge >= 0.3 is 0 Å². The number of fused-ring (bicyclic) bond motifs is 1. The third-order valence-corrected chi connectivity index (χ3v) is 6.82. The normalized spacial score (nSPS) is 19.4. The van der Waals surface area contributed by atoms with Crippen LogP contribution in [-0.4, -0.2) is 33.7 Å². The Morgan fingerprint density at radius 1 is 1.17 bits per heavy atom. The molecule has 1 aromatic heterocycles.